The van der Waals surface area contributed by atoms with Crippen molar-refractivity contribution in [1.29, 1.82) is 0 Å². The highest BCUT2D eigenvalue weighted by Crippen LogP contribution is 2.35. The molecular formula is C14H25N2O10P. The van der Waals surface area contributed by atoms with Gasteiger partial charge in [-0.25, -0.2) is 4.57 Å². The summed E-state index contributed by atoms with van der Waals surface area (Å²) in [4.78, 5) is 63.4. The van der Waals surface area contributed by atoms with Gasteiger partial charge in [-0.1, -0.05) is 13.8 Å². The number of amides is 1. The maximum Gasteiger partial charge on any atom is 0.469 e. The molecule has 0 aromatic rings. The zero-order valence-electron chi connectivity index (χ0n) is 14.9. The van der Waals surface area contributed by atoms with Gasteiger partial charge in [0.15, 0.2) is 5.78 Å². The van der Waals surface area contributed by atoms with E-state index in [1.165, 1.54) is 0 Å². The molecule has 7 N–H and O–H groups in total. The SMILES string of the molecule is CC(C)C(NC(=O)C(N)COP(=O)(O)O)C(=O)CC(CCC(=O)O)C(=O)O. The van der Waals surface area contributed by atoms with E-state index in [0.29, 0.717) is 0 Å². The predicted octanol–water partition coefficient (Wildman–Crippen LogP) is -0.911. The summed E-state index contributed by atoms with van der Waals surface area (Å²) in [7, 11) is -4.82. The molecule has 0 saturated heterocycles. The largest absolute Gasteiger partial charge is 0.481 e. The molecule has 0 rings (SSSR count). The molecule has 1 amide bonds. The van der Waals surface area contributed by atoms with Crippen molar-refractivity contribution in [2.45, 2.75) is 45.2 Å². The number of hydrogen-bond donors (Lipinski definition) is 6. The first-order valence-corrected chi connectivity index (χ1v) is 9.51. The Balaban J connectivity index is 4.96. The second-order valence-electron chi connectivity index (χ2n) is 6.26. The van der Waals surface area contributed by atoms with Crippen molar-refractivity contribution in [3.63, 3.8) is 0 Å². The molecule has 0 aliphatic heterocycles. The highest BCUT2D eigenvalue weighted by molar-refractivity contribution is 7.46. The summed E-state index contributed by atoms with van der Waals surface area (Å²) in [6, 6.07) is -2.57. The molecule has 0 aromatic heterocycles. The van der Waals surface area contributed by atoms with Crippen molar-refractivity contribution in [2.75, 3.05) is 6.61 Å². The van der Waals surface area contributed by atoms with Crippen LogP contribution in [0.5, 0.6) is 0 Å². The fourth-order valence-electron chi connectivity index (χ4n) is 2.11. The second kappa shape index (κ2) is 11.1. The zero-order valence-corrected chi connectivity index (χ0v) is 15.8. The Hall–Kier alpha value is -1.85. The summed E-state index contributed by atoms with van der Waals surface area (Å²) in [5.41, 5.74) is 5.45. The molecule has 0 fully saturated rings. The van der Waals surface area contributed by atoms with Gasteiger partial charge in [0.05, 0.1) is 18.6 Å². The van der Waals surface area contributed by atoms with Crippen LogP contribution in [0.2, 0.25) is 0 Å². The summed E-state index contributed by atoms with van der Waals surface area (Å²) < 4.78 is 14.8. The van der Waals surface area contributed by atoms with Crippen molar-refractivity contribution in [2.24, 2.45) is 17.6 Å². The molecule has 0 bridgehead atoms. The minimum Gasteiger partial charge on any atom is -0.481 e. The fourth-order valence-corrected chi connectivity index (χ4v) is 2.47. The minimum atomic E-state index is -4.82. The van der Waals surface area contributed by atoms with Crippen molar-refractivity contribution in [3.05, 3.63) is 0 Å². The molecule has 3 atom stereocenters. The van der Waals surface area contributed by atoms with Crippen molar-refractivity contribution < 1.29 is 48.3 Å². The molecule has 0 aliphatic carbocycles. The van der Waals surface area contributed by atoms with Gasteiger partial charge in [0.2, 0.25) is 5.91 Å². The van der Waals surface area contributed by atoms with Crippen LogP contribution < -0.4 is 11.1 Å². The van der Waals surface area contributed by atoms with Gasteiger partial charge < -0.3 is 31.1 Å². The Morgan fingerprint density at radius 3 is 2.11 bits per heavy atom. The van der Waals surface area contributed by atoms with Crippen LogP contribution in [0.3, 0.4) is 0 Å². The lowest BCUT2D eigenvalue weighted by atomic mass is 9.90. The molecule has 0 saturated carbocycles. The third-order valence-electron chi connectivity index (χ3n) is 3.57. The summed E-state index contributed by atoms with van der Waals surface area (Å²) >= 11 is 0. The quantitative estimate of drug-likeness (QED) is 0.204. The number of aliphatic carboxylic acids is 2. The van der Waals surface area contributed by atoms with Gasteiger partial charge >= 0.3 is 19.8 Å². The lowest BCUT2D eigenvalue weighted by molar-refractivity contribution is -0.145. The molecule has 0 spiro atoms. The number of hydrogen-bond acceptors (Lipinski definition) is 7. The Labute approximate surface area is 155 Å². The topological polar surface area (TPSA) is 214 Å². The summed E-state index contributed by atoms with van der Waals surface area (Å²) in [6.45, 7) is 2.40. The van der Waals surface area contributed by atoms with Gasteiger partial charge in [-0.15, -0.1) is 0 Å². The Bertz CT molecular complexity index is 603. The zero-order chi connectivity index (χ0) is 21.4. The smallest absolute Gasteiger partial charge is 0.469 e. The third-order valence-corrected chi connectivity index (χ3v) is 4.06. The van der Waals surface area contributed by atoms with Gasteiger partial charge in [-0.2, -0.15) is 0 Å². The number of phosphoric acid groups is 1. The van der Waals surface area contributed by atoms with Crippen LogP contribution in [-0.2, 0) is 28.3 Å². The summed E-state index contributed by atoms with van der Waals surface area (Å²) in [6.07, 6.45) is -1.15. The van der Waals surface area contributed by atoms with Crippen LogP contribution in [0.1, 0.15) is 33.1 Å². The van der Waals surface area contributed by atoms with Crippen LogP contribution in [0.15, 0.2) is 0 Å². The van der Waals surface area contributed by atoms with Gasteiger partial charge in [-0.3, -0.25) is 23.7 Å². The number of carboxylic acid groups (broad SMARTS) is 2. The fraction of sp³-hybridized carbons (Fsp3) is 0.714. The van der Waals surface area contributed by atoms with Gasteiger partial charge in [0, 0.05) is 12.8 Å². The average Bonchev–Trinajstić information content (AvgIpc) is 2.51. The second-order valence-corrected chi connectivity index (χ2v) is 7.50. The number of nitrogens with one attached hydrogen (secondary N) is 1. The monoisotopic (exact) mass is 412 g/mol. The van der Waals surface area contributed by atoms with E-state index in [1.54, 1.807) is 13.8 Å². The van der Waals surface area contributed by atoms with Crippen LogP contribution in [0, 0.1) is 11.8 Å². The number of phosphoric ester groups is 1. The maximum atomic E-state index is 12.4. The molecule has 0 aliphatic rings. The van der Waals surface area contributed by atoms with E-state index < -0.39 is 74.8 Å². The highest BCUT2D eigenvalue weighted by Gasteiger charge is 2.31. The van der Waals surface area contributed by atoms with E-state index in [1.807, 2.05) is 0 Å². The number of rotatable bonds is 13. The van der Waals surface area contributed by atoms with E-state index in [9.17, 15) is 23.7 Å². The van der Waals surface area contributed by atoms with E-state index in [2.05, 4.69) is 9.84 Å². The molecule has 0 heterocycles. The summed E-state index contributed by atoms with van der Waals surface area (Å²) in [5.74, 6) is -5.72. The standard InChI is InChI=1S/C14H25N2O10P/c1-7(2)12(16-13(20)9(15)6-26-27(23,24)25)10(17)5-8(14(21)22)3-4-11(18)19/h7-9,12H,3-6,15H2,1-2H3,(H,16,20)(H,18,19)(H,21,22)(H2,23,24,25). The van der Waals surface area contributed by atoms with Crippen molar-refractivity contribution >= 4 is 31.5 Å². The third kappa shape index (κ3) is 10.8. The molecule has 12 nitrogen and oxygen atoms in total. The number of carboxylic acids is 2. The number of nitrogens with two attached hydrogens (primary N) is 1. The van der Waals surface area contributed by atoms with E-state index >= 15 is 0 Å². The molecule has 27 heavy (non-hydrogen) atoms. The minimum absolute atomic E-state index is 0.245. The first-order valence-electron chi connectivity index (χ1n) is 7.98. The van der Waals surface area contributed by atoms with Crippen LogP contribution in [0.4, 0.5) is 0 Å². The Morgan fingerprint density at radius 2 is 1.70 bits per heavy atom. The first kappa shape index (κ1) is 25.1. The van der Waals surface area contributed by atoms with E-state index in [0.717, 1.165) is 0 Å². The lowest BCUT2D eigenvalue weighted by Gasteiger charge is -2.24. The Morgan fingerprint density at radius 1 is 1.15 bits per heavy atom. The maximum absolute atomic E-state index is 12.4. The van der Waals surface area contributed by atoms with E-state index in [-0.39, 0.29) is 6.42 Å². The number of carbonyl (C=O) groups is 4. The Kier molecular flexibility index (Phi) is 10.3. The number of carbonyl (C=O) groups excluding carboxylic acids is 2. The molecule has 0 radical (unpaired) electrons. The summed E-state index contributed by atoms with van der Waals surface area (Å²) in [5, 5.41) is 20.1. The number of ketones is 1. The average molecular weight is 412 g/mol. The molecule has 156 valence electrons. The number of Topliss-reactive ketones (excluding diaryl/α,β-unsaturated/α-hetero) is 1. The lowest BCUT2D eigenvalue weighted by Crippen LogP contribution is -2.52. The molecule has 3 unspecified atom stereocenters. The van der Waals surface area contributed by atoms with Gasteiger partial charge in [0.1, 0.15) is 6.04 Å². The van der Waals surface area contributed by atoms with Crippen molar-refractivity contribution in [3.8, 4) is 0 Å². The van der Waals surface area contributed by atoms with Crippen LogP contribution >= 0.6 is 7.82 Å². The molecule has 0 aromatic carbocycles. The van der Waals surface area contributed by atoms with Crippen molar-refractivity contribution in [1.82, 2.24) is 5.32 Å². The highest BCUT2D eigenvalue weighted by atomic mass is 31.2. The predicted molar refractivity (Wildman–Crippen MR) is 90.4 cm³/mol. The van der Waals surface area contributed by atoms with Crippen LogP contribution in [-0.4, -0.2) is 62.3 Å². The van der Waals surface area contributed by atoms with Gasteiger partial charge in [0.25, 0.3) is 0 Å². The van der Waals surface area contributed by atoms with Gasteiger partial charge in [-0.05, 0) is 12.3 Å². The normalized spacial score (nSPS) is 15.0. The first-order chi connectivity index (χ1) is 12.2. The molecular weight excluding hydrogens is 387 g/mol. The van der Waals surface area contributed by atoms with Crippen LogP contribution in [0.25, 0.3) is 0 Å². The van der Waals surface area contributed by atoms with E-state index in [4.69, 9.17) is 25.7 Å². The molecule has 13 heteroatoms.